The van der Waals surface area contributed by atoms with E-state index >= 15 is 0 Å². The summed E-state index contributed by atoms with van der Waals surface area (Å²) >= 11 is 0. The van der Waals surface area contributed by atoms with E-state index in [1.54, 1.807) is 0 Å². The number of aliphatic carboxylic acids is 2. The number of carbonyl (C=O) groups is 2. The van der Waals surface area contributed by atoms with Crippen LogP contribution in [0.4, 0.5) is 0 Å². The lowest BCUT2D eigenvalue weighted by molar-refractivity contribution is -0.145. The summed E-state index contributed by atoms with van der Waals surface area (Å²) in [6.07, 6.45) is 4.19. The van der Waals surface area contributed by atoms with Crippen molar-refractivity contribution < 1.29 is 19.8 Å². The molecule has 0 aliphatic heterocycles. The minimum atomic E-state index is -0.761. The van der Waals surface area contributed by atoms with E-state index in [-0.39, 0.29) is 17.8 Å². The van der Waals surface area contributed by atoms with Crippen LogP contribution in [0.1, 0.15) is 59.3 Å². The third-order valence-corrected chi connectivity index (χ3v) is 2.98. The highest BCUT2D eigenvalue weighted by Gasteiger charge is 2.30. The lowest BCUT2D eigenvalue weighted by Crippen LogP contribution is -2.28. The lowest BCUT2D eigenvalue weighted by atomic mass is 9.78. The highest BCUT2D eigenvalue weighted by atomic mass is 16.4. The molecule has 0 spiro atoms. The van der Waals surface area contributed by atoms with Crippen molar-refractivity contribution in [3.63, 3.8) is 0 Å². The Kier molecular flexibility index (Phi) is 6.85. The summed E-state index contributed by atoms with van der Waals surface area (Å²) in [5.74, 6) is -1.81. The maximum Gasteiger partial charge on any atom is 0.307 e. The van der Waals surface area contributed by atoms with Gasteiger partial charge in [0.25, 0.3) is 0 Å². The molecule has 100 valence electrons. The van der Waals surface area contributed by atoms with E-state index in [4.69, 9.17) is 10.2 Å². The predicted molar refractivity (Wildman–Crippen MR) is 65.9 cm³/mol. The molecule has 1 unspecified atom stereocenters. The van der Waals surface area contributed by atoms with Gasteiger partial charge >= 0.3 is 11.9 Å². The van der Waals surface area contributed by atoms with Gasteiger partial charge in [-0.25, -0.2) is 0 Å². The summed E-state index contributed by atoms with van der Waals surface area (Å²) < 4.78 is 0. The Morgan fingerprint density at radius 3 is 1.94 bits per heavy atom. The summed E-state index contributed by atoms with van der Waals surface area (Å²) in [6.45, 7) is 5.82. The first-order valence-electron chi connectivity index (χ1n) is 6.19. The molecule has 0 aliphatic rings. The van der Waals surface area contributed by atoms with Crippen molar-refractivity contribution in [3.05, 3.63) is 0 Å². The third kappa shape index (κ3) is 7.77. The number of unbranched alkanes of at least 4 members (excludes halogenated alkanes) is 3. The first-order valence-corrected chi connectivity index (χ1v) is 6.19. The van der Waals surface area contributed by atoms with Crippen LogP contribution >= 0.6 is 0 Å². The van der Waals surface area contributed by atoms with Gasteiger partial charge in [0.05, 0.1) is 5.92 Å². The van der Waals surface area contributed by atoms with Gasteiger partial charge in [-0.1, -0.05) is 40.0 Å². The Hall–Kier alpha value is -1.06. The molecule has 2 N–H and O–H groups in total. The largest absolute Gasteiger partial charge is 0.481 e. The van der Waals surface area contributed by atoms with Crippen LogP contribution in [0.3, 0.4) is 0 Å². The molecule has 0 saturated carbocycles. The van der Waals surface area contributed by atoms with Crippen molar-refractivity contribution in [2.24, 2.45) is 11.3 Å². The van der Waals surface area contributed by atoms with Crippen molar-refractivity contribution in [1.82, 2.24) is 0 Å². The molecule has 1 atom stereocenters. The SMILES string of the molecule is CC(C)(C)C(CCCCCCC(=O)O)C(=O)O. The Balaban J connectivity index is 3.78. The molecule has 17 heavy (non-hydrogen) atoms. The summed E-state index contributed by atoms with van der Waals surface area (Å²) in [5, 5.41) is 17.6. The van der Waals surface area contributed by atoms with Crippen LogP contribution in [-0.4, -0.2) is 22.2 Å². The summed E-state index contributed by atoms with van der Waals surface area (Å²) in [5.41, 5.74) is -0.215. The van der Waals surface area contributed by atoms with Crippen molar-refractivity contribution in [2.75, 3.05) is 0 Å². The van der Waals surface area contributed by atoms with Crippen molar-refractivity contribution in [3.8, 4) is 0 Å². The fourth-order valence-corrected chi connectivity index (χ4v) is 1.91. The Labute approximate surface area is 103 Å². The highest BCUT2D eigenvalue weighted by molar-refractivity contribution is 5.70. The molecule has 0 amide bonds. The molecule has 0 aliphatic carbocycles. The van der Waals surface area contributed by atoms with E-state index in [1.165, 1.54) is 0 Å². The number of hydrogen-bond acceptors (Lipinski definition) is 2. The van der Waals surface area contributed by atoms with Gasteiger partial charge in [-0.3, -0.25) is 9.59 Å². The molecule has 4 nitrogen and oxygen atoms in total. The molecule has 0 saturated heterocycles. The fraction of sp³-hybridized carbons (Fsp3) is 0.846. The van der Waals surface area contributed by atoms with E-state index in [9.17, 15) is 9.59 Å². The molecule has 0 aromatic heterocycles. The molecule has 4 heteroatoms. The van der Waals surface area contributed by atoms with E-state index < -0.39 is 11.9 Å². The van der Waals surface area contributed by atoms with Crippen molar-refractivity contribution >= 4 is 11.9 Å². The van der Waals surface area contributed by atoms with Gasteiger partial charge in [-0.2, -0.15) is 0 Å². The van der Waals surface area contributed by atoms with Crippen molar-refractivity contribution in [1.29, 1.82) is 0 Å². The summed E-state index contributed by atoms with van der Waals surface area (Å²) in [4.78, 5) is 21.4. The second-order valence-electron chi connectivity index (χ2n) is 5.60. The number of carboxylic acid groups (broad SMARTS) is 2. The predicted octanol–water partition coefficient (Wildman–Crippen LogP) is 3.16. The normalized spacial score (nSPS) is 13.4. The van der Waals surface area contributed by atoms with Crippen LogP contribution in [0.5, 0.6) is 0 Å². The topological polar surface area (TPSA) is 74.6 Å². The molecule has 0 heterocycles. The maximum absolute atomic E-state index is 11.1. The Bertz CT molecular complexity index is 253. The summed E-state index contributed by atoms with van der Waals surface area (Å²) in [7, 11) is 0. The molecule has 0 aromatic rings. The Morgan fingerprint density at radius 1 is 1.00 bits per heavy atom. The third-order valence-electron chi connectivity index (χ3n) is 2.98. The molecule has 0 bridgehead atoms. The summed E-state index contributed by atoms with van der Waals surface area (Å²) in [6, 6.07) is 0. The van der Waals surface area contributed by atoms with Gasteiger partial charge in [0.15, 0.2) is 0 Å². The van der Waals surface area contributed by atoms with Crippen LogP contribution in [0.2, 0.25) is 0 Å². The molecular weight excluding hydrogens is 220 g/mol. The molecular formula is C13H24O4. The van der Waals surface area contributed by atoms with Crippen LogP contribution in [0.25, 0.3) is 0 Å². The van der Waals surface area contributed by atoms with E-state index in [2.05, 4.69) is 0 Å². The minimum absolute atomic E-state index is 0.210. The maximum atomic E-state index is 11.1. The van der Waals surface area contributed by atoms with Crippen LogP contribution in [-0.2, 0) is 9.59 Å². The first-order chi connectivity index (χ1) is 7.75. The average molecular weight is 244 g/mol. The number of hydrogen-bond donors (Lipinski definition) is 2. The zero-order valence-corrected chi connectivity index (χ0v) is 11.0. The number of rotatable bonds is 8. The monoisotopic (exact) mass is 244 g/mol. The van der Waals surface area contributed by atoms with Crippen LogP contribution < -0.4 is 0 Å². The molecule has 0 rings (SSSR count). The van der Waals surface area contributed by atoms with Crippen molar-refractivity contribution in [2.45, 2.75) is 59.3 Å². The molecule has 0 radical (unpaired) electrons. The van der Waals surface area contributed by atoms with Gasteiger partial charge in [-0.15, -0.1) is 0 Å². The lowest BCUT2D eigenvalue weighted by Gasteiger charge is -2.26. The smallest absolute Gasteiger partial charge is 0.307 e. The quantitative estimate of drug-likeness (QED) is 0.643. The zero-order valence-electron chi connectivity index (χ0n) is 11.0. The molecule has 0 aromatic carbocycles. The fourth-order valence-electron chi connectivity index (χ4n) is 1.91. The van der Waals surface area contributed by atoms with E-state index in [0.717, 1.165) is 19.3 Å². The zero-order chi connectivity index (χ0) is 13.5. The van der Waals surface area contributed by atoms with E-state index in [1.807, 2.05) is 20.8 Å². The number of carboxylic acids is 2. The highest BCUT2D eigenvalue weighted by Crippen LogP contribution is 2.30. The average Bonchev–Trinajstić information content (AvgIpc) is 2.13. The minimum Gasteiger partial charge on any atom is -0.481 e. The second-order valence-corrected chi connectivity index (χ2v) is 5.60. The van der Waals surface area contributed by atoms with Crippen LogP contribution in [0, 0.1) is 11.3 Å². The molecule has 0 fully saturated rings. The van der Waals surface area contributed by atoms with Crippen LogP contribution in [0.15, 0.2) is 0 Å². The van der Waals surface area contributed by atoms with Gasteiger partial charge in [0.1, 0.15) is 0 Å². The van der Waals surface area contributed by atoms with Gasteiger partial charge in [0.2, 0.25) is 0 Å². The van der Waals surface area contributed by atoms with Gasteiger partial charge in [0, 0.05) is 6.42 Å². The van der Waals surface area contributed by atoms with E-state index in [0.29, 0.717) is 12.8 Å². The van der Waals surface area contributed by atoms with Gasteiger partial charge < -0.3 is 10.2 Å². The Morgan fingerprint density at radius 2 is 1.53 bits per heavy atom. The standard InChI is InChI=1S/C13H24O4/c1-13(2,3)10(12(16)17)8-6-4-5-7-9-11(14)15/h10H,4-9H2,1-3H3,(H,14,15)(H,16,17). The van der Waals surface area contributed by atoms with Gasteiger partial charge in [-0.05, 0) is 18.3 Å². The second kappa shape index (κ2) is 7.30. The first kappa shape index (κ1) is 15.9.